The minimum atomic E-state index is -4.62. The van der Waals surface area contributed by atoms with Crippen LogP contribution in [0.3, 0.4) is 0 Å². The fourth-order valence-electron chi connectivity index (χ4n) is 2.78. The lowest BCUT2D eigenvalue weighted by atomic mass is 10.2. The van der Waals surface area contributed by atoms with Gasteiger partial charge in [-0.05, 0) is 48.2 Å². The number of halogens is 3. The van der Waals surface area contributed by atoms with Crippen LogP contribution in [0, 0.1) is 6.92 Å². The second-order valence-corrected chi connectivity index (χ2v) is 11.0. The Morgan fingerprint density at radius 3 is 2.66 bits per heavy atom. The first kappa shape index (κ1) is 24.3. The molecule has 11 heteroatoms. The molecule has 0 saturated heterocycles. The van der Waals surface area contributed by atoms with E-state index in [9.17, 15) is 26.4 Å². The summed E-state index contributed by atoms with van der Waals surface area (Å²) in [7, 11) is -3.93. The van der Waals surface area contributed by atoms with Gasteiger partial charge in [-0.1, -0.05) is 12.1 Å². The van der Waals surface area contributed by atoms with E-state index in [1.54, 1.807) is 19.2 Å². The van der Waals surface area contributed by atoms with E-state index in [0.29, 0.717) is 16.8 Å². The topological polar surface area (TPSA) is 76.1 Å². The van der Waals surface area contributed by atoms with E-state index < -0.39 is 21.6 Å². The number of anilines is 1. The van der Waals surface area contributed by atoms with Crippen molar-refractivity contribution in [3.05, 3.63) is 70.0 Å². The molecule has 170 valence electrons. The van der Waals surface area contributed by atoms with E-state index in [0.717, 1.165) is 40.4 Å². The number of nitrogens with one attached hydrogen (secondary N) is 1. The number of thiophene rings is 1. The lowest BCUT2D eigenvalue weighted by Crippen LogP contribution is -2.16. The van der Waals surface area contributed by atoms with Gasteiger partial charge >= 0.3 is 6.18 Å². The van der Waals surface area contributed by atoms with Crippen LogP contribution in [0.4, 0.5) is 18.9 Å². The number of benzene rings is 1. The van der Waals surface area contributed by atoms with Crippen LogP contribution < -0.4 is 5.32 Å². The van der Waals surface area contributed by atoms with Crippen molar-refractivity contribution in [3.63, 3.8) is 0 Å². The Kier molecular flexibility index (Phi) is 7.63. The van der Waals surface area contributed by atoms with E-state index in [4.69, 9.17) is 0 Å². The average Bonchev–Trinajstić information content (AvgIpc) is 3.23. The van der Waals surface area contributed by atoms with E-state index in [2.05, 4.69) is 10.3 Å². The van der Waals surface area contributed by atoms with Crippen LogP contribution in [0.5, 0.6) is 0 Å². The highest BCUT2D eigenvalue weighted by molar-refractivity contribution is 8.00. The van der Waals surface area contributed by atoms with Gasteiger partial charge in [0.2, 0.25) is 5.91 Å². The Bertz CT molecular complexity index is 1190. The molecule has 3 rings (SSSR count). The van der Waals surface area contributed by atoms with Gasteiger partial charge in [-0.15, -0.1) is 23.1 Å². The lowest BCUT2D eigenvalue weighted by molar-refractivity contribution is -0.137. The fourth-order valence-corrected chi connectivity index (χ4v) is 6.21. The number of carbonyl (C=O) groups is 1. The molecule has 2 heterocycles. The molecule has 1 aromatic carbocycles. The molecule has 0 aliphatic rings. The van der Waals surface area contributed by atoms with Crippen LogP contribution in [0.1, 0.15) is 16.0 Å². The van der Waals surface area contributed by atoms with Crippen molar-refractivity contribution in [2.45, 2.75) is 29.4 Å². The zero-order valence-electron chi connectivity index (χ0n) is 16.8. The van der Waals surface area contributed by atoms with Crippen molar-refractivity contribution in [2.75, 3.05) is 16.8 Å². The maximum absolute atomic E-state index is 12.9. The van der Waals surface area contributed by atoms with Crippen molar-refractivity contribution < 1.29 is 26.4 Å². The Balaban J connectivity index is 1.68. The molecule has 0 spiro atoms. The second-order valence-electron chi connectivity index (χ2n) is 6.81. The third kappa shape index (κ3) is 6.33. The molecule has 32 heavy (non-hydrogen) atoms. The number of hydrogen-bond acceptors (Lipinski definition) is 6. The summed E-state index contributed by atoms with van der Waals surface area (Å²) in [6, 6.07) is 9.13. The molecule has 5 nitrogen and oxygen atoms in total. The van der Waals surface area contributed by atoms with Gasteiger partial charge in [-0.25, -0.2) is 13.4 Å². The largest absolute Gasteiger partial charge is 0.416 e. The SMILES string of the molecule is Cc1ccnc(SCCS(=O)(=O)c2cccc(C(F)(F)F)c2)c1NC(=O)Cc1cccs1. The third-order valence-corrected chi connectivity index (χ3v) is 8.25. The molecule has 1 amide bonds. The van der Waals surface area contributed by atoms with Crippen LogP contribution in [-0.4, -0.2) is 30.8 Å². The summed E-state index contributed by atoms with van der Waals surface area (Å²) in [4.78, 5) is 17.1. The van der Waals surface area contributed by atoms with Crippen molar-refractivity contribution in [1.82, 2.24) is 4.98 Å². The summed E-state index contributed by atoms with van der Waals surface area (Å²) in [5.74, 6) is -0.540. The molecule has 0 unspecified atom stereocenters. The minimum absolute atomic E-state index is 0.0584. The molecule has 1 N–H and O–H groups in total. The van der Waals surface area contributed by atoms with Crippen molar-refractivity contribution in [1.29, 1.82) is 0 Å². The van der Waals surface area contributed by atoms with E-state index in [1.807, 2.05) is 17.5 Å². The Morgan fingerprint density at radius 2 is 1.97 bits per heavy atom. The molecule has 0 saturated carbocycles. The summed E-state index contributed by atoms with van der Waals surface area (Å²) >= 11 is 2.59. The fraction of sp³-hybridized carbons (Fsp3) is 0.238. The van der Waals surface area contributed by atoms with Gasteiger partial charge in [0, 0.05) is 16.8 Å². The van der Waals surface area contributed by atoms with Crippen LogP contribution in [-0.2, 0) is 27.2 Å². The molecule has 0 bridgehead atoms. The number of aromatic nitrogens is 1. The number of rotatable bonds is 8. The summed E-state index contributed by atoms with van der Waals surface area (Å²) in [5.41, 5.74) is 0.251. The number of carbonyl (C=O) groups excluding carboxylic acids is 1. The van der Waals surface area contributed by atoms with E-state index in [-0.39, 0.29) is 28.7 Å². The normalized spacial score (nSPS) is 12.0. The number of pyridine rings is 1. The molecule has 0 aliphatic carbocycles. The lowest BCUT2D eigenvalue weighted by Gasteiger charge is -2.13. The van der Waals surface area contributed by atoms with E-state index in [1.165, 1.54) is 11.3 Å². The summed E-state index contributed by atoms with van der Waals surface area (Å²) in [5, 5.41) is 5.16. The van der Waals surface area contributed by atoms with Crippen LogP contribution in [0.25, 0.3) is 0 Å². The Hall–Kier alpha value is -2.37. The first-order chi connectivity index (χ1) is 15.1. The molecule has 0 aliphatic heterocycles. The molecule has 0 fully saturated rings. The minimum Gasteiger partial charge on any atom is -0.323 e. The number of sulfone groups is 1. The highest BCUT2D eigenvalue weighted by Crippen LogP contribution is 2.32. The van der Waals surface area contributed by atoms with Gasteiger partial charge in [0.25, 0.3) is 0 Å². The number of thioether (sulfide) groups is 1. The second kappa shape index (κ2) is 10.1. The molecular weight excluding hydrogens is 481 g/mol. The smallest absolute Gasteiger partial charge is 0.323 e. The third-order valence-electron chi connectivity index (χ3n) is 4.42. The van der Waals surface area contributed by atoms with Gasteiger partial charge in [-0.2, -0.15) is 13.2 Å². The van der Waals surface area contributed by atoms with Gasteiger partial charge < -0.3 is 5.32 Å². The molecular formula is C21H19F3N2O3S3. The highest BCUT2D eigenvalue weighted by Gasteiger charge is 2.31. The zero-order chi connectivity index (χ0) is 23.4. The zero-order valence-corrected chi connectivity index (χ0v) is 19.3. The first-order valence-electron chi connectivity index (χ1n) is 9.37. The molecule has 0 radical (unpaired) electrons. The highest BCUT2D eigenvalue weighted by atomic mass is 32.2. The van der Waals surface area contributed by atoms with Crippen LogP contribution >= 0.6 is 23.1 Å². The van der Waals surface area contributed by atoms with Crippen molar-refractivity contribution in [2.24, 2.45) is 0 Å². The maximum Gasteiger partial charge on any atom is 0.416 e. The maximum atomic E-state index is 12.9. The quantitative estimate of drug-likeness (QED) is 0.430. The van der Waals surface area contributed by atoms with Crippen LogP contribution in [0.2, 0.25) is 0 Å². The van der Waals surface area contributed by atoms with Crippen LogP contribution in [0.15, 0.2) is 64.0 Å². The van der Waals surface area contributed by atoms with Gasteiger partial charge in [0.15, 0.2) is 9.84 Å². The monoisotopic (exact) mass is 500 g/mol. The predicted octanol–water partition coefficient (Wildman–Crippen LogP) is 5.22. The van der Waals surface area contributed by atoms with E-state index >= 15 is 0 Å². The number of aryl methyl sites for hydroxylation is 1. The summed E-state index contributed by atoms with van der Waals surface area (Å²) < 4.78 is 63.8. The summed E-state index contributed by atoms with van der Waals surface area (Å²) in [6.45, 7) is 1.80. The van der Waals surface area contributed by atoms with Gasteiger partial charge in [0.05, 0.1) is 28.3 Å². The summed E-state index contributed by atoms with van der Waals surface area (Å²) in [6.07, 6.45) is -2.87. The average molecular weight is 501 g/mol. The number of amides is 1. The number of hydrogen-bond donors (Lipinski definition) is 1. The van der Waals surface area contributed by atoms with Crippen molar-refractivity contribution in [3.8, 4) is 0 Å². The molecule has 3 aromatic rings. The number of alkyl halides is 3. The molecule has 0 atom stereocenters. The Morgan fingerprint density at radius 1 is 1.19 bits per heavy atom. The molecule has 2 aromatic heterocycles. The standard InChI is InChI=1S/C21H19F3N2O3S3/c1-14-7-8-25-20(19(14)26-18(27)13-16-5-3-9-30-16)31-10-11-32(28,29)17-6-2-4-15(12-17)21(22,23)24/h2-9,12H,10-11,13H2,1H3,(H,26,27). The first-order valence-corrected chi connectivity index (χ1v) is 12.9. The van der Waals surface area contributed by atoms with Gasteiger partial charge in [0.1, 0.15) is 5.03 Å². The predicted molar refractivity (Wildman–Crippen MR) is 120 cm³/mol. The van der Waals surface area contributed by atoms with Crippen molar-refractivity contribution >= 4 is 44.5 Å². The van der Waals surface area contributed by atoms with Gasteiger partial charge in [-0.3, -0.25) is 4.79 Å². The number of nitrogens with zero attached hydrogens (tertiary/aromatic N) is 1. The Labute approximate surface area is 192 Å².